The summed E-state index contributed by atoms with van der Waals surface area (Å²) in [6.07, 6.45) is 27.6. The van der Waals surface area contributed by atoms with E-state index in [9.17, 15) is 15.3 Å². The van der Waals surface area contributed by atoms with Crippen molar-refractivity contribution in [2.45, 2.75) is 129 Å². The first kappa shape index (κ1) is 29.6. The van der Waals surface area contributed by atoms with Crippen LogP contribution in [0, 0.1) is 28.6 Å². The highest BCUT2D eigenvalue weighted by Gasteiger charge is 2.50. The Morgan fingerprint density at radius 3 is 2.58 bits per heavy atom. The fraction of sp³-hybridized carbons (Fsp3) is 0.714. The minimum Gasteiger partial charge on any atom is -0.393 e. The van der Waals surface area contributed by atoms with Crippen molar-refractivity contribution in [3.63, 3.8) is 0 Å². The van der Waals surface area contributed by atoms with Gasteiger partial charge in [0.1, 0.15) is 0 Å². The third kappa shape index (κ3) is 6.65. The molecule has 0 amide bonds. The SMILES string of the molecule is C=C1C(=CC=C2CCC[C@]3(C)[C@@H]([C@H](C)C=C[C@@H](O)C4(C=CCCCCCC)CC4)CC[C@@H]23)C[C@@H](O)C[C@@H]1O. The molecule has 0 radical (unpaired) electrons. The van der Waals surface area contributed by atoms with Gasteiger partial charge >= 0.3 is 0 Å². The van der Waals surface area contributed by atoms with Gasteiger partial charge < -0.3 is 15.3 Å². The molecule has 4 fully saturated rings. The van der Waals surface area contributed by atoms with E-state index in [0.717, 1.165) is 36.8 Å². The molecule has 3 nitrogen and oxygen atoms in total. The van der Waals surface area contributed by atoms with Gasteiger partial charge in [0.05, 0.1) is 18.3 Å². The number of allylic oxidation sites excluding steroid dienone is 5. The summed E-state index contributed by atoms with van der Waals surface area (Å²) in [4.78, 5) is 0. The molecule has 0 spiro atoms. The van der Waals surface area contributed by atoms with Crippen LogP contribution in [-0.4, -0.2) is 33.6 Å². The first-order valence-corrected chi connectivity index (χ1v) is 15.7. The Morgan fingerprint density at radius 1 is 1.05 bits per heavy atom. The standard InChI is InChI=1S/C35H54O3/c1-5-6-7-8-9-10-20-35(21-22-35)33(38)18-13-25(2)30-16-17-31-27(12-11-19-34(30,31)4)14-15-28-23-29(36)24-32(37)26(28)3/h10,13-15,18,20,25,29-33,36-38H,3,5-9,11-12,16-17,19,21-24H2,1-2,4H3/t25-,29-,30-,31+,32+,33-,34-/m1/s1. The smallest absolute Gasteiger partial charge is 0.0811 e. The first-order valence-electron chi connectivity index (χ1n) is 15.7. The molecule has 4 aliphatic rings. The molecule has 0 aliphatic heterocycles. The van der Waals surface area contributed by atoms with Gasteiger partial charge in [-0.05, 0) is 98.5 Å². The molecule has 4 rings (SSSR count). The highest BCUT2D eigenvalue weighted by molar-refractivity contribution is 5.38. The van der Waals surface area contributed by atoms with Crippen molar-refractivity contribution in [3.05, 3.63) is 59.8 Å². The number of unbranched alkanes of at least 4 members (excludes halogenated alkanes) is 4. The first-order chi connectivity index (χ1) is 18.2. The third-order valence-electron chi connectivity index (χ3n) is 10.6. The van der Waals surface area contributed by atoms with E-state index < -0.39 is 12.2 Å². The summed E-state index contributed by atoms with van der Waals surface area (Å²) in [5.74, 6) is 1.68. The molecule has 3 heteroatoms. The monoisotopic (exact) mass is 522 g/mol. The van der Waals surface area contributed by atoms with Crippen molar-refractivity contribution in [2.24, 2.45) is 28.6 Å². The van der Waals surface area contributed by atoms with Gasteiger partial charge in [0.25, 0.3) is 0 Å². The number of rotatable bonds is 11. The largest absolute Gasteiger partial charge is 0.393 e. The molecule has 7 atom stereocenters. The lowest BCUT2D eigenvalue weighted by molar-refractivity contribution is 0.0862. The van der Waals surface area contributed by atoms with E-state index in [-0.39, 0.29) is 16.9 Å². The quantitative estimate of drug-likeness (QED) is 0.190. The molecule has 0 unspecified atom stereocenters. The van der Waals surface area contributed by atoms with E-state index in [1.165, 1.54) is 56.9 Å². The second kappa shape index (κ2) is 12.8. The second-order valence-corrected chi connectivity index (χ2v) is 13.3. The summed E-state index contributed by atoms with van der Waals surface area (Å²) >= 11 is 0. The van der Waals surface area contributed by atoms with Gasteiger partial charge in [-0.1, -0.05) is 88.6 Å². The summed E-state index contributed by atoms with van der Waals surface area (Å²) in [5, 5.41) is 31.4. The van der Waals surface area contributed by atoms with Crippen molar-refractivity contribution in [2.75, 3.05) is 0 Å². The lowest BCUT2D eigenvalue weighted by Gasteiger charge is -2.44. The van der Waals surface area contributed by atoms with Crippen LogP contribution in [0.5, 0.6) is 0 Å². The maximum Gasteiger partial charge on any atom is 0.0811 e. The molecule has 0 aromatic heterocycles. The van der Waals surface area contributed by atoms with Crippen LogP contribution < -0.4 is 0 Å². The van der Waals surface area contributed by atoms with Crippen LogP contribution in [0.2, 0.25) is 0 Å². The van der Waals surface area contributed by atoms with Crippen molar-refractivity contribution in [1.82, 2.24) is 0 Å². The van der Waals surface area contributed by atoms with Crippen LogP contribution in [0.1, 0.15) is 111 Å². The highest BCUT2D eigenvalue weighted by atomic mass is 16.3. The zero-order chi connectivity index (χ0) is 27.3. The Hall–Kier alpha value is -1.42. The third-order valence-corrected chi connectivity index (χ3v) is 10.6. The van der Waals surface area contributed by atoms with E-state index in [2.05, 4.69) is 63.8 Å². The van der Waals surface area contributed by atoms with E-state index in [0.29, 0.717) is 30.6 Å². The average Bonchev–Trinajstić information content (AvgIpc) is 3.59. The molecule has 0 aromatic carbocycles. The molecule has 4 aliphatic carbocycles. The maximum atomic E-state index is 11.1. The fourth-order valence-electron chi connectivity index (χ4n) is 7.93. The molecule has 3 N–H and O–H groups in total. The lowest BCUT2D eigenvalue weighted by Crippen LogP contribution is -2.35. The van der Waals surface area contributed by atoms with Crippen molar-refractivity contribution >= 4 is 0 Å². The highest BCUT2D eigenvalue weighted by Crippen LogP contribution is 2.59. The van der Waals surface area contributed by atoms with Gasteiger partial charge in [0.2, 0.25) is 0 Å². The summed E-state index contributed by atoms with van der Waals surface area (Å²) < 4.78 is 0. The molecule has 0 bridgehead atoms. The maximum absolute atomic E-state index is 11.1. The van der Waals surface area contributed by atoms with Gasteiger partial charge in [-0.2, -0.15) is 0 Å². The molecule has 38 heavy (non-hydrogen) atoms. The van der Waals surface area contributed by atoms with Gasteiger partial charge in [-0.3, -0.25) is 0 Å². The van der Waals surface area contributed by atoms with E-state index in [1.54, 1.807) is 0 Å². The van der Waals surface area contributed by atoms with Crippen LogP contribution >= 0.6 is 0 Å². The second-order valence-electron chi connectivity index (χ2n) is 13.3. The van der Waals surface area contributed by atoms with Gasteiger partial charge in [0.15, 0.2) is 0 Å². The summed E-state index contributed by atoms with van der Waals surface area (Å²) in [6, 6.07) is 0. The van der Waals surface area contributed by atoms with E-state index in [1.807, 2.05) is 0 Å². The summed E-state index contributed by atoms with van der Waals surface area (Å²) in [6.45, 7) is 11.2. The van der Waals surface area contributed by atoms with Crippen molar-refractivity contribution in [1.29, 1.82) is 0 Å². The Bertz CT molecular complexity index is 935. The number of aliphatic hydroxyl groups is 3. The van der Waals surface area contributed by atoms with Crippen LogP contribution in [0.15, 0.2) is 59.8 Å². The molecule has 0 aromatic rings. The molecule has 0 heterocycles. The molecular weight excluding hydrogens is 468 g/mol. The minimum atomic E-state index is -0.630. The molecule has 0 saturated heterocycles. The topological polar surface area (TPSA) is 60.7 Å². The number of hydrogen-bond acceptors (Lipinski definition) is 3. The number of hydrogen-bond donors (Lipinski definition) is 3. The predicted octanol–water partition coefficient (Wildman–Crippen LogP) is 7.99. The predicted molar refractivity (Wildman–Crippen MR) is 159 cm³/mol. The van der Waals surface area contributed by atoms with Crippen LogP contribution in [0.3, 0.4) is 0 Å². The lowest BCUT2D eigenvalue weighted by atomic mass is 9.61. The molecular formula is C35H54O3. The van der Waals surface area contributed by atoms with Crippen molar-refractivity contribution < 1.29 is 15.3 Å². The average molecular weight is 523 g/mol. The Labute approximate surface area is 232 Å². The van der Waals surface area contributed by atoms with Crippen LogP contribution in [-0.2, 0) is 0 Å². The Morgan fingerprint density at radius 2 is 1.84 bits per heavy atom. The number of fused-ring (bicyclic) bond motifs is 1. The van der Waals surface area contributed by atoms with Gasteiger partial charge in [-0.15, -0.1) is 0 Å². The number of aliphatic hydroxyl groups excluding tert-OH is 3. The fourth-order valence-corrected chi connectivity index (χ4v) is 7.93. The Balaban J connectivity index is 1.37. The van der Waals surface area contributed by atoms with Crippen LogP contribution in [0.4, 0.5) is 0 Å². The van der Waals surface area contributed by atoms with E-state index >= 15 is 0 Å². The Kier molecular flexibility index (Phi) is 9.98. The van der Waals surface area contributed by atoms with Gasteiger partial charge in [-0.25, -0.2) is 0 Å². The minimum absolute atomic E-state index is 0.0123. The molecule has 212 valence electrons. The normalized spacial score (nSPS) is 36.8. The van der Waals surface area contributed by atoms with Crippen molar-refractivity contribution in [3.8, 4) is 0 Å². The van der Waals surface area contributed by atoms with Gasteiger partial charge in [0, 0.05) is 11.8 Å². The molecule has 4 saturated carbocycles. The van der Waals surface area contributed by atoms with Crippen LogP contribution in [0.25, 0.3) is 0 Å². The summed E-state index contributed by atoms with van der Waals surface area (Å²) in [7, 11) is 0. The summed E-state index contributed by atoms with van der Waals surface area (Å²) in [5.41, 5.74) is 3.58. The zero-order valence-corrected chi connectivity index (χ0v) is 24.4. The van der Waals surface area contributed by atoms with E-state index in [4.69, 9.17) is 0 Å². The zero-order valence-electron chi connectivity index (χ0n) is 24.4.